The molecule has 5 atom stereocenters. The van der Waals surface area contributed by atoms with Gasteiger partial charge in [-0.2, -0.15) is 11.8 Å². The second-order valence-electron chi connectivity index (χ2n) is 9.25. The summed E-state index contributed by atoms with van der Waals surface area (Å²) in [5.74, 6) is -2.65. The number of benzene rings is 1. The van der Waals surface area contributed by atoms with Crippen molar-refractivity contribution < 1.29 is 29.4 Å². The van der Waals surface area contributed by atoms with Crippen LogP contribution in [0.1, 0.15) is 46.1 Å². The molecule has 36 heavy (non-hydrogen) atoms. The molecule has 5 unspecified atom stereocenters. The third kappa shape index (κ3) is 10.1. The number of carboxylic acid groups (broad SMARTS) is 1. The smallest absolute Gasteiger partial charge is 0.326 e. The Balaban J connectivity index is 3.17. The van der Waals surface area contributed by atoms with Crippen molar-refractivity contribution in [3.63, 3.8) is 0 Å². The minimum Gasteiger partial charge on any atom is -0.508 e. The Kier molecular flexibility index (Phi) is 13.3. The highest BCUT2D eigenvalue weighted by molar-refractivity contribution is 7.98. The molecule has 0 saturated carbocycles. The lowest BCUT2D eigenvalue weighted by Crippen LogP contribution is -2.59. The summed E-state index contributed by atoms with van der Waals surface area (Å²) in [7, 11) is 0. The summed E-state index contributed by atoms with van der Waals surface area (Å²) in [6.45, 7) is 7.29. The van der Waals surface area contributed by atoms with Crippen molar-refractivity contribution in [3.05, 3.63) is 29.8 Å². The second kappa shape index (κ2) is 15.4. The number of aromatic hydroxyl groups is 1. The number of nitrogens with one attached hydrogen (secondary N) is 3. The summed E-state index contributed by atoms with van der Waals surface area (Å²) in [6.07, 6.45) is 2.70. The van der Waals surface area contributed by atoms with Crippen LogP contribution in [0.4, 0.5) is 0 Å². The molecular weight excluding hydrogens is 484 g/mol. The minimum atomic E-state index is -1.17. The Labute approximate surface area is 217 Å². The first-order chi connectivity index (χ1) is 16.9. The van der Waals surface area contributed by atoms with Gasteiger partial charge in [-0.3, -0.25) is 14.4 Å². The number of carboxylic acids is 1. The summed E-state index contributed by atoms with van der Waals surface area (Å²) in [5.41, 5.74) is 6.60. The molecule has 0 aliphatic rings. The van der Waals surface area contributed by atoms with Crippen LogP contribution in [0, 0.1) is 11.8 Å². The summed E-state index contributed by atoms with van der Waals surface area (Å²) in [4.78, 5) is 50.7. The number of rotatable bonds is 15. The van der Waals surface area contributed by atoms with Crippen LogP contribution in [0.3, 0.4) is 0 Å². The van der Waals surface area contributed by atoms with Crippen molar-refractivity contribution in [1.29, 1.82) is 0 Å². The van der Waals surface area contributed by atoms with E-state index in [0.717, 1.165) is 0 Å². The summed E-state index contributed by atoms with van der Waals surface area (Å²) < 4.78 is 0. The molecule has 7 N–H and O–H groups in total. The maximum absolute atomic E-state index is 13.3. The quantitative estimate of drug-likeness (QED) is 0.199. The number of nitrogens with two attached hydrogens (primary N) is 1. The van der Waals surface area contributed by atoms with Crippen molar-refractivity contribution in [1.82, 2.24) is 16.0 Å². The van der Waals surface area contributed by atoms with E-state index in [2.05, 4.69) is 16.0 Å². The molecule has 10 nitrogen and oxygen atoms in total. The van der Waals surface area contributed by atoms with Crippen LogP contribution < -0.4 is 21.7 Å². The predicted octanol–water partition coefficient (Wildman–Crippen LogP) is 1.26. The van der Waals surface area contributed by atoms with Crippen LogP contribution in [-0.4, -0.2) is 70.1 Å². The maximum Gasteiger partial charge on any atom is 0.326 e. The highest BCUT2D eigenvalue weighted by atomic mass is 32.2. The van der Waals surface area contributed by atoms with E-state index in [-0.39, 0.29) is 30.4 Å². The standard InChI is InChI=1S/C25H40N4O6S/c1-6-15(4)21(29-23(32)20(26)14(2)3)24(33)28-19(13-16-7-9-17(30)10-8-16)22(31)27-18(25(34)35)11-12-36-5/h7-10,14-15,18-21,30H,6,11-13,26H2,1-5H3,(H,27,31)(H,28,33)(H,29,32)(H,34,35). The molecule has 0 bridgehead atoms. The van der Waals surface area contributed by atoms with Crippen LogP contribution in [0.15, 0.2) is 24.3 Å². The minimum absolute atomic E-state index is 0.0489. The fraction of sp³-hybridized carbons (Fsp3) is 0.600. The highest BCUT2D eigenvalue weighted by Gasteiger charge is 2.33. The van der Waals surface area contributed by atoms with Gasteiger partial charge >= 0.3 is 5.97 Å². The third-order valence-corrected chi connectivity index (χ3v) is 6.69. The topological polar surface area (TPSA) is 171 Å². The molecule has 0 aromatic heterocycles. The number of phenolic OH excluding ortho intramolecular Hbond substituents is 1. The number of hydrogen-bond acceptors (Lipinski definition) is 7. The monoisotopic (exact) mass is 524 g/mol. The van der Waals surface area contributed by atoms with Gasteiger partial charge < -0.3 is 31.9 Å². The van der Waals surface area contributed by atoms with E-state index in [1.807, 2.05) is 20.1 Å². The van der Waals surface area contributed by atoms with Crippen LogP contribution in [-0.2, 0) is 25.6 Å². The van der Waals surface area contributed by atoms with Crippen LogP contribution in [0.5, 0.6) is 5.75 Å². The van der Waals surface area contributed by atoms with Crippen molar-refractivity contribution in [3.8, 4) is 5.75 Å². The second-order valence-corrected chi connectivity index (χ2v) is 10.2. The number of aliphatic carboxylic acids is 1. The molecule has 0 saturated heterocycles. The Morgan fingerprint density at radius 3 is 2.03 bits per heavy atom. The molecule has 1 aromatic carbocycles. The van der Waals surface area contributed by atoms with Crippen molar-refractivity contribution >= 4 is 35.5 Å². The molecule has 11 heteroatoms. The maximum atomic E-state index is 13.3. The summed E-state index contributed by atoms with van der Waals surface area (Å²) in [5, 5.41) is 27.0. The predicted molar refractivity (Wildman–Crippen MR) is 141 cm³/mol. The molecule has 0 fully saturated rings. The van der Waals surface area contributed by atoms with E-state index in [1.54, 1.807) is 26.0 Å². The lowest BCUT2D eigenvalue weighted by atomic mass is 9.96. The summed E-state index contributed by atoms with van der Waals surface area (Å²) in [6, 6.07) is 2.18. The number of carbonyl (C=O) groups excluding carboxylic acids is 3. The first kappa shape index (κ1) is 31.2. The van der Waals surface area contributed by atoms with Crippen LogP contribution >= 0.6 is 11.8 Å². The fourth-order valence-electron chi connectivity index (χ4n) is 3.36. The van der Waals surface area contributed by atoms with Gasteiger partial charge in [-0.05, 0) is 48.0 Å². The van der Waals surface area contributed by atoms with Gasteiger partial charge in [0.1, 0.15) is 23.9 Å². The Bertz CT molecular complexity index is 880. The number of phenols is 1. The van der Waals surface area contributed by atoms with E-state index in [1.165, 1.54) is 23.9 Å². The van der Waals surface area contributed by atoms with Gasteiger partial charge in [-0.15, -0.1) is 0 Å². The molecule has 3 amide bonds. The number of carbonyl (C=O) groups is 4. The van der Waals surface area contributed by atoms with Gasteiger partial charge in [0.05, 0.1) is 6.04 Å². The van der Waals surface area contributed by atoms with Crippen molar-refractivity contribution in [2.75, 3.05) is 12.0 Å². The highest BCUT2D eigenvalue weighted by Crippen LogP contribution is 2.14. The normalized spacial score (nSPS) is 15.3. The van der Waals surface area contributed by atoms with Gasteiger partial charge in [0.25, 0.3) is 0 Å². The average Bonchev–Trinajstić information content (AvgIpc) is 2.84. The fourth-order valence-corrected chi connectivity index (χ4v) is 3.83. The Morgan fingerprint density at radius 2 is 1.53 bits per heavy atom. The third-order valence-electron chi connectivity index (χ3n) is 6.05. The van der Waals surface area contributed by atoms with Crippen LogP contribution in [0.25, 0.3) is 0 Å². The van der Waals surface area contributed by atoms with Crippen molar-refractivity contribution in [2.24, 2.45) is 17.6 Å². The zero-order valence-corrected chi connectivity index (χ0v) is 22.4. The van der Waals surface area contributed by atoms with E-state index >= 15 is 0 Å². The number of hydrogen-bond donors (Lipinski definition) is 6. The van der Waals surface area contributed by atoms with Gasteiger partial charge in [-0.25, -0.2) is 4.79 Å². The lowest BCUT2D eigenvalue weighted by molar-refractivity contribution is -0.142. The molecule has 0 heterocycles. The van der Waals surface area contributed by atoms with E-state index < -0.39 is 47.9 Å². The van der Waals surface area contributed by atoms with Crippen LogP contribution in [0.2, 0.25) is 0 Å². The van der Waals surface area contributed by atoms with Gasteiger partial charge in [-0.1, -0.05) is 46.2 Å². The van der Waals surface area contributed by atoms with E-state index in [4.69, 9.17) is 5.73 Å². The number of thioether (sulfide) groups is 1. The molecule has 0 aliphatic heterocycles. The molecule has 1 aromatic rings. The SMILES string of the molecule is CCC(C)C(NC(=O)C(N)C(C)C)C(=O)NC(Cc1ccc(O)cc1)C(=O)NC(CCSC)C(=O)O. The van der Waals surface area contributed by atoms with E-state index in [9.17, 15) is 29.4 Å². The Morgan fingerprint density at radius 1 is 0.944 bits per heavy atom. The number of amides is 3. The van der Waals surface area contributed by atoms with Gasteiger partial charge in [0, 0.05) is 6.42 Å². The molecule has 1 rings (SSSR count). The van der Waals surface area contributed by atoms with Gasteiger partial charge in [0.2, 0.25) is 17.7 Å². The first-order valence-electron chi connectivity index (χ1n) is 12.1. The molecule has 0 radical (unpaired) electrons. The molecule has 0 spiro atoms. The lowest BCUT2D eigenvalue weighted by Gasteiger charge is -2.28. The largest absolute Gasteiger partial charge is 0.508 e. The van der Waals surface area contributed by atoms with Crippen molar-refractivity contribution in [2.45, 2.75) is 71.1 Å². The molecule has 0 aliphatic carbocycles. The Hall–Kier alpha value is -2.79. The average molecular weight is 525 g/mol. The first-order valence-corrected chi connectivity index (χ1v) is 13.5. The van der Waals surface area contributed by atoms with E-state index in [0.29, 0.717) is 17.7 Å². The summed E-state index contributed by atoms with van der Waals surface area (Å²) >= 11 is 1.46. The molecular formula is C25H40N4O6S. The molecule has 202 valence electrons. The zero-order chi connectivity index (χ0) is 27.4. The zero-order valence-electron chi connectivity index (χ0n) is 21.6. The van der Waals surface area contributed by atoms with Gasteiger partial charge in [0.15, 0.2) is 0 Å².